The zero-order chi connectivity index (χ0) is 17.0. The quantitative estimate of drug-likeness (QED) is 0.612. The number of carboxylic acid groups (broad SMARTS) is 1. The summed E-state index contributed by atoms with van der Waals surface area (Å²) in [6.45, 7) is 3.20. The van der Waals surface area contributed by atoms with Crippen LogP contribution in [0.3, 0.4) is 0 Å². The highest BCUT2D eigenvalue weighted by Crippen LogP contribution is 2.26. The molecule has 0 saturated carbocycles. The van der Waals surface area contributed by atoms with Gasteiger partial charge < -0.3 is 10.4 Å². The smallest absolute Gasteiger partial charge is 0.326 e. The molecule has 120 valence electrons. The van der Waals surface area contributed by atoms with E-state index in [0.29, 0.717) is 0 Å². The summed E-state index contributed by atoms with van der Waals surface area (Å²) >= 11 is 5.48. The van der Waals surface area contributed by atoms with Gasteiger partial charge in [0.2, 0.25) is 5.91 Å². The van der Waals surface area contributed by atoms with Crippen LogP contribution in [0.4, 0.5) is 10.1 Å². The van der Waals surface area contributed by atoms with Crippen molar-refractivity contribution in [1.82, 2.24) is 5.32 Å². The van der Waals surface area contributed by atoms with Gasteiger partial charge in [-0.25, -0.2) is 9.18 Å². The monoisotopic (exact) mass is 332 g/mol. The van der Waals surface area contributed by atoms with E-state index in [2.05, 4.69) is 5.32 Å². The number of carbonyl (C=O) groups is 2. The summed E-state index contributed by atoms with van der Waals surface area (Å²) in [5.41, 5.74) is -0.685. The number of hydrogen-bond donors (Lipinski definition) is 2. The lowest BCUT2D eigenvalue weighted by atomic mass is 10.0. The molecule has 2 N–H and O–H groups in total. The van der Waals surface area contributed by atoms with E-state index in [9.17, 15) is 24.1 Å². The molecule has 1 atom stereocenters. The van der Waals surface area contributed by atoms with Gasteiger partial charge in [0.1, 0.15) is 11.9 Å². The summed E-state index contributed by atoms with van der Waals surface area (Å²) in [6.07, 6.45) is -0.527. The first kappa shape index (κ1) is 17.8. The number of rotatable bonds is 6. The van der Waals surface area contributed by atoms with E-state index >= 15 is 0 Å². The van der Waals surface area contributed by atoms with Crippen LogP contribution in [0, 0.1) is 21.8 Å². The predicted octanol–water partition coefficient (Wildman–Crippen LogP) is 2.16. The second-order valence-corrected chi connectivity index (χ2v) is 5.36. The first-order valence-corrected chi connectivity index (χ1v) is 6.65. The van der Waals surface area contributed by atoms with Crippen LogP contribution in [0.25, 0.3) is 0 Å². The van der Waals surface area contributed by atoms with E-state index in [0.717, 1.165) is 12.1 Å². The molecule has 0 saturated heterocycles. The SMILES string of the molecule is CC(C)[C@@H](NC(=O)Cc1cc(F)c(Cl)cc1[N+](=O)[O-])C(=O)O. The van der Waals surface area contributed by atoms with E-state index in [4.69, 9.17) is 16.7 Å². The fourth-order valence-electron chi connectivity index (χ4n) is 1.80. The molecule has 0 spiro atoms. The molecule has 0 aromatic heterocycles. The van der Waals surface area contributed by atoms with Crippen LogP contribution < -0.4 is 5.32 Å². The Morgan fingerprint density at radius 1 is 1.45 bits per heavy atom. The van der Waals surface area contributed by atoms with Gasteiger partial charge in [0.15, 0.2) is 0 Å². The number of aliphatic carboxylic acids is 1. The molecule has 1 rings (SSSR count). The Hall–Kier alpha value is -2.22. The highest BCUT2D eigenvalue weighted by atomic mass is 35.5. The molecule has 0 aliphatic rings. The lowest BCUT2D eigenvalue weighted by molar-refractivity contribution is -0.385. The molecule has 1 aromatic rings. The molecule has 0 aliphatic carbocycles. The van der Waals surface area contributed by atoms with Gasteiger partial charge in [0.05, 0.1) is 16.4 Å². The van der Waals surface area contributed by atoms with Crippen LogP contribution in [-0.2, 0) is 16.0 Å². The molecule has 0 bridgehead atoms. The second kappa shape index (κ2) is 7.17. The fraction of sp³-hybridized carbons (Fsp3) is 0.385. The number of hydrogen-bond acceptors (Lipinski definition) is 4. The molecule has 0 unspecified atom stereocenters. The average Bonchev–Trinajstić information content (AvgIpc) is 2.38. The Balaban J connectivity index is 2.99. The third-order valence-corrected chi connectivity index (χ3v) is 3.21. The molecule has 0 aliphatic heterocycles. The van der Waals surface area contributed by atoms with Gasteiger partial charge in [-0.05, 0) is 12.0 Å². The van der Waals surface area contributed by atoms with Crippen molar-refractivity contribution in [2.24, 2.45) is 5.92 Å². The number of benzene rings is 1. The Bertz CT molecular complexity index is 621. The van der Waals surface area contributed by atoms with E-state index in [1.807, 2.05) is 0 Å². The largest absolute Gasteiger partial charge is 0.480 e. The molecule has 7 nitrogen and oxygen atoms in total. The summed E-state index contributed by atoms with van der Waals surface area (Å²) < 4.78 is 13.4. The summed E-state index contributed by atoms with van der Waals surface area (Å²) in [5.74, 6) is -3.25. The minimum Gasteiger partial charge on any atom is -0.480 e. The molecular formula is C13H14ClFN2O5. The number of carbonyl (C=O) groups excluding carboxylic acids is 1. The van der Waals surface area contributed by atoms with E-state index in [1.54, 1.807) is 13.8 Å². The number of nitro groups is 1. The number of carboxylic acids is 1. The van der Waals surface area contributed by atoms with Gasteiger partial charge in [-0.15, -0.1) is 0 Å². The highest BCUT2D eigenvalue weighted by Gasteiger charge is 2.25. The lowest BCUT2D eigenvalue weighted by Crippen LogP contribution is -2.44. The van der Waals surface area contributed by atoms with Gasteiger partial charge in [0, 0.05) is 11.6 Å². The van der Waals surface area contributed by atoms with Gasteiger partial charge in [-0.1, -0.05) is 25.4 Å². The third-order valence-electron chi connectivity index (χ3n) is 2.92. The molecule has 0 heterocycles. The summed E-state index contributed by atoms with van der Waals surface area (Å²) in [5, 5.41) is 21.7. The van der Waals surface area contributed by atoms with Gasteiger partial charge in [-0.3, -0.25) is 14.9 Å². The van der Waals surface area contributed by atoms with Gasteiger partial charge in [-0.2, -0.15) is 0 Å². The Morgan fingerprint density at radius 3 is 2.50 bits per heavy atom. The zero-order valence-corrected chi connectivity index (χ0v) is 12.6. The van der Waals surface area contributed by atoms with Crippen molar-refractivity contribution in [1.29, 1.82) is 0 Å². The standard InChI is InChI=1S/C13H14ClFN2O5/c1-6(2)12(13(19)20)16-11(18)4-7-3-9(15)8(14)5-10(7)17(21)22/h3,5-6,12H,4H2,1-2H3,(H,16,18)(H,19,20)/t12-/m1/s1. The highest BCUT2D eigenvalue weighted by molar-refractivity contribution is 6.31. The van der Waals surface area contributed by atoms with Crippen LogP contribution in [0.2, 0.25) is 5.02 Å². The van der Waals surface area contributed by atoms with Crippen molar-refractivity contribution in [2.75, 3.05) is 0 Å². The van der Waals surface area contributed by atoms with Crippen molar-refractivity contribution in [2.45, 2.75) is 26.3 Å². The van der Waals surface area contributed by atoms with Gasteiger partial charge >= 0.3 is 5.97 Å². The Labute approximate surface area is 130 Å². The van der Waals surface area contributed by atoms with E-state index < -0.39 is 45.8 Å². The topological polar surface area (TPSA) is 110 Å². The van der Waals surface area contributed by atoms with Crippen LogP contribution in [-0.4, -0.2) is 27.9 Å². The van der Waals surface area contributed by atoms with Crippen LogP contribution >= 0.6 is 11.6 Å². The number of amides is 1. The second-order valence-electron chi connectivity index (χ2n) is 4.96. The minimum atomic E-state index is -1.22. The summed E-state index contributed by atoms with van der Waals surface area (Å²) in [6, 6.07) is 0.477. The minimum absolute atomic E-state index is 0.183. The van der Waals surface area contributed by atoms with Crippen LogP contribution in [0.5, 0.6) is 0 Å². The van der Waals surface area contributed by atoms with Crippen molar-refractivity contribution in [3.05, 3.63) is 38.7 Å². The van der Waals surface area contributed by atoms with Gasteiger partial charge in [0.25, 0.3) is 5.69 Å². The van der Waals surface area contributed by atoms with Crippen molar-refractivity contribution in [3.8, 4) is 0 Å². The number of nitro benzene ring substituents is 1. The number of nitrogens with zero attached hydrogens (tertiary/aromatic N) is 1. The Kier molecular flexibility index (Phi) is 5.81. The molecule has 0 radical (unpaired) electrons. The Morgan fingerprint density at radius 2 is 2.05 bits per heavy atom. The molecular weight excluding hydrogens is 319 g/mol. The molecule has 0 fully saturated rings. The predicted molar refractivity (Wildman–Crippen MR) is 76.2 cm³/mol. The van der Waals surface area contributed by atoms with Crippen molar-refractivity contribution < 1.29 is 24.0 Å². The fourth-order valence-corrected chi connectivity index (χ4v) is 1.96. The average molecular weight is 333 g/mol. The molecule has 22 heavy (non-hydrogen) atoms. The third kappa shape index (κ3) is 4.39. The zero-order valence-electron chi connectivity index (χ0n) is 11.8. The maximum Gasteiger partial charge on any atom is 0.326 e. The van der Waals surface area contributed by atoms with Crippen molar-refractivity contribution >= 4 is 29.2 Å². The summed E-state index contributed by atoms with van der Waals surface area (Å²) in [7, 11) is 0. The van der Waals surface area contributed by atoms with Crippen LogP contribution in [0.15, 0.2) is 12.1 Å². The van der Waals surface area contributed by atoms with E-state index in [1.165, 1.54) is 0 Å². The number of nitrogens with one attached hydrogen (secondary N) is 1. The van der Waals surface area contributed by atoms with Crippen LogP contribution in [0.1, 0.15) is 19.4 Å². The maximum absolute atomic E-state index is 13.4. The summed E-state index contributed by atoms with van der Waals surface area (Å²) in [4.78, 5) is 33.0. The molecule has 9 heteroatoms. The first-order valence-electron chi connectivity index (χ1n) is 6.28. The molecule has 1 aromatic carbocycles. The first-order chi connectivity index (χ1) is 10.1. The normalized spacial score (nSPS) is 12.0. The maximum atomic E-state index is 13.4. The lowest BCUT2D eigenvalue weighted by Gasteiger charge is -2.17. The van der Waals surface area contributed by atoms with E-state index in [-0.39, 0.29) is 11.5 Å². The molecule has 1 amide bonds. The van der Waals surface area contributed by atoms with Crippen molar-refractivity contribution in [3.63, 3.8) is 0 Å². The number of halogens is 2.